The Kier molecular flexibility index (Phi) is 6.49. The summed E-state index contributed by atoms with van der Waals surface area (Å²) >= 11 is 0. The summed E-state index contributed by atoms with van der Waals surface area (Å²) in [5, 5.41) is 5.71. The highest BCUT2D eigenvalue weighted by molar-refractivity contribution is 6.00. The molecule has 2 unspecified atom stereocenters. The summed E-state index contributed by atoms with van der Waals surface area (Å²) in [6.45, 7) is 5.62. The molecule has 1 saturated heterocycles. The van der Waals surface area contributed by atoms with Crippen LogP contribution in [0, 0.1) is 11.8 Å². The quantitative estimate of drug-likeness (QED) is 0.429. The van der Waals surface area contributed by atoms with E-state index in [4.69, 9.17) is 4.74 Å². The lowest BCUT2D eigenvalue weighted by Gasteiger charge is -2.13. The average Bonchev–Trinajstić information content (AvgIpc) is 3.17. The first-order valence-electron chi connectivity index (χ1n) is 10.3. The zero-order chi connectivity index (χ0) is 25.4. The molecule has 2 aromatic rings. The van der Waals surface area contributed by atoms with E-state index in [2.05, 4.69) is 42.1 Å². The van der Waals surface area contributed by atoms with Gasteiger partial charge in [0.05, 0.1) is 13.2 Å². The minimum atomic E-state index is -4.73. The summed E-state index contributed by atoms with van der Waals surface area (Å²) in [5.41, 5.74) is -2.56. The number of aliphatic imine (C=N–C) groups is 1. The first-order valence-corrected chi connectivity index (χ1v) is 10.3. The second-order valence-electron chi connectivity index (χ2n) is 7.89. The van der Waals surface area contributed by atoms with E-state index < -0.39 is 23.8 Å². The predicted molar refractivity (Wildman–Crippen MR) is 114 cm³/mol. The third kappa shape index (κ3) is 5.75. The number of anilines is 2. The van der Waals surface area contributed by atoms with E-state index in [9.17, 15) is 26.3 Å². The molecule has 0 bridgehead atoms. The van der Waals surface area contributed by atoms with Gasteiger partial charge in [0.25, 0.3) is 0 Å². The van der Waals surface area contributed by atoms with Crippen molar-refractivity contribution >= 4 is 17.6 Å². The molecule has 1 aliphatic heterocycles. The lowest BCUT2D eigenvalue weighted by molar-refractivity contribution is -0.141. The molecule has 0 spiro atoms. The zero-order valence-corrected chi connectivity index (χ0v) is 18.2. The van der Waals surface area contributed by atoms with Crippen molar-refractivity contribution < 1.29 is 31.1 Å². The van der Waals surface area contributed by atoms with Crippen molar-refractivity contribution in [1.82, 2.24) is 19.9 Å². The van der Waals surface area contributed by atoms with Crippen LogP contribution in [-0.4, -0.2) is 51.1 Å². The van der Waals surface area contributed by atoms with Crippen LogP contribution >= 0.6 is 0 Å². The maximum absolute atomic E-state index is 13.1. The summed E-state index contributed by atoms with van der Waals surface area (Å²) in [7, 11) is 0. The number of rotatable bonds is 7. The Morgan fingerprint density at radius 2 is 1.74 bits per heavy atom. The normalized spacial score (nSPS) is 22.5. The summed E-state index contributed by atoms with van der Waals surface area (Å²) < 4.78 is 84.2. The number of hydrogen-bond donors (Lipinski definition) is 2. The second kappa shape index (κ2) is 9.24. The van der Waals surface area contributed by atoms with E-state index in [1.54, 1.807) is 0 Å². The molecule has 14 heteroatoms. The molecule has 2 atom stereocenters. The lowest BCUT2D eigenvalue weighted by Crippen LogP contribution is -2.22. The minimum Gasteiger partial charge on any atom is -0.381 e. The van der Waals surface area contributed by atoms with E-state index in [1.807, 2.05) is 0 Å². The van der Waals surface area contributed by atoms with Crippen LogP contribution in [0.1, 0.15) is 12.6 Å². The molecule has 0 radical (unpaired) electrons. The molecule has 1 saturated carbocycles. The van der Waals surface area contributed by atoms with Gasteiger partial charge in [-0.05, 0) is 25.1 Å². The van der Waals surface area contributed by atoms with E-state index in [1.165, 1.54) is 13.0 Å². The molecule has 0 amide bonds. The van der Waals surface area contributed by atoms with Crippen LogP contribution in [0.2, 0.25) is 0 Å². The highest BCUT2D eigenvalue weighted by atomic mass is 19.4. The summed E-state index contributed by atoms with van der Waals surface area (Å²) in [4.78, 5) is 19.2. The highest BCUT2D eigenvalue weighted by Crippen LogP contribution is 2.45. The van der Waals surface area contributed by atoms with E-state index in [0.29, 0.717) is 13.2 Å². The number of nitrogens with zero attached hydrogens (tertiary/aromatic N) is 5. The Bertz CT molecular complexity index is 1170. The number of nitrogens with one attached hydrogen (secondary N) is 2. The van der Waals surface area contributed by atoms with Gasteiger partial charge < -0.3 is 15.4 Å². The summed E-state index contributed by atoms with van der Waals surface area (Å²) in [6, 6.07) is 3.26. The number of hydrogen-bond acceptors (Lipinski definition) is 8. The van der Waals surface area contributed by atoms with Crippen molar-refractivity contribution in [3.05, 3.63) is 48.4 Å². The van der Waals surface area contributed by atoms with Crippen molar-refractivity contribution in [3.63, 3.8) is 0 Å². The summed E-state index contributed by atoms with van der Waals surface area (Å²) in [6.07, 6.45) is -7.94. The van der Waals surface area contributed by atoms with Crippen LogP contribution in [0.25, 0.3) is 11.5 Å². The third-order valence-electron chi connectivity index (χ3n) is 5.34. The van der Waals surface area contributed by atoms with Gasteiger partial charge in [-0.1, -0.05) is 12.6 Å². The molecule has 2 aliphatic rings. The molecule has 186 valence electrons. The number of aromatic nitrogens is 4. The predicted octanol–water partition coefficient (Wildman–Crippen LogP) is 4.47. The third-order valence-corrected chi connectivity index (χ3v) is 5.34. The lowest BCUT2D eigenvalue weighted by atomic mass is 10.3. The Morgan fingerprint density at radius 1 is 1.06 bits per heavy atom. The van der Waals surface area contributed by atoms with Crippen LogP contribution in [0.3, 0.4) is 0 Å². The smallest absolute Gasteiger partial charge is 0.381 e. The molecule has 2 N–H and O–H groups in total. The van der Waals surface area contributed by atoms with Gasteiger partial charge in [0.1, 0.15) is 17.1 Å². The van der Waals surface area contributed by atoms with Crippen LogP contribution in [-0.2, 0) is 10.9 Å². The maximum Gasteiger partial charge on any atom is 0.433 e. The highest BCUT2D eigenvalue weighted by Gasteiger charge is 2.54. The minimum absolute atomic E-state index is 0.00881. The number of alkyl halides is 6. The van der Waals surface area contributed by atoms with Crippen molar-refractivity contribution in [3.8, 4) is 11.5 Å². The van der Waals surface area contributed by atoms with Gasteiger partial charge in [-0.25, -0.2) is 4.98 Å². The zero-order valence-electron chi connectivity index (χ0n) is 18.2. The molecular formula is C21H19F6N7O. The molecule has 35 heavy (non-hydrogen) atoms. The van der Waals surface area contributed by atoms with Gasteiger partial charge in [0, 0.05) is 29.8 Å². The molecule has 8 nitrogen and oxygen atoms in total. The molecule has 2 aromatic heterocycles. The second-order valence-corrected chi connectivity index (χ2v) is 7.89. The van der Waals surface area contributed by atoms with Crippen LogP contribution in [0.4, 0.5) is 38.2 Å². The molecule has 2 fully saturated rings. The van der Waals surface area contributed by atoms with Crippen molar-refractivity contribution in [2.75, 3.05) is 23.8 Å². The van der Waals surface area contributed by atoms with Gasteiger partial charge in [0.15, 0.2) is 5.82 Å². The SMILES string of the molecule is C=CN=C(/C=C(\C)Nc1nc(NC2C3COCC32)nc(-c2cccc(C(F)(F)F)n2)n1)C(F)(F)F. The van der Waals surface area contributed by atoms with E-state index >= 15 is 0 Å². The number of allylic oxidation sites excluding steroid dienone is 2. The fourth-order valence-corrected chi connectivity index (χ4v) is 3.64. The standard InChI is InChI=1S/C21H19F6N7O/c1-3-28-15(21(25,26)27)7-10(2)29-18-32-17(13-5-4-6-14(30-13)20(22,23)24)33-19(34-18)31-16-11-8-35-9-12(11)16/h3-7,11-12,16H,1,8-9H2,2H3,(H2,29,31,32,33,34)/b10-7+,28-15?. The number of fused-ring (bicyclic) bond motifs is 1. The van der Waals surface area contributed by atoms with Crippen LogP contribution in [0.5, 0.6) is 0 Å². The Hall–Kier alpha value is -3.55. The van der Waals surface area contributed by atoms with Gasteiger partial charge in [-0.2, -0.15) is 41.3 Å². The van der Waals surface area contributed by atoms with Gasteiger partial charge in [-0.15, -0.1) is 0 Å². The van der Waals surface area contributed by atoms with Gasteiger partial charge in [-0.3, -0.25) is 4.99 Å². The molecule has 4 rings (SSSR count). The van der Waals surface area contributed by atoms with E-state index in [0.717, 1.165) is 24.4 Å². The van der Waals surface area contributed by atoms with Crippen molar-refractivity contribution in [1.29, 1.82) is 0 Å². The monoisotopic (exact) mass is 499 g/mol. The summed E-state index contributed by atoms with van der Waals surface area (Å²) in [5.74, 6) is 0.169. The largest absolute Gasteiger partial charge is 0.433 e. The van der Waals surface area contributed by atoms with Gasteiger partial charge in [0.2, 0.25) is 11.9 Å². The Morgan fingerprint density at radius 3 is 2.37 bits per heavy atom. The molecule has 3 heterocycles. The first-order chi connectivity index (χ1) is 16.5. The Labute approximate surface area is 195 Å². The first kappa shape index (κ1) is 24.6. The molecule has 1 aliphatic carbocycles. The maximum atomic E-state index is 13.1. The molecule has 0 aromatic carbocycles. The van der Waals surface area contributed by atoms with E-state index in [-0.39, 0.29) is 47.0 Å². The fourth-order valence-electron chi connectivity index (χ4n) is 3.64. The number of ether oxygens (including phenoxy) is 1. The van der Waals surface area contributed by atoms with Crippen molar-refractivity contribution in [2.45, 2.75) is 25.3 Å². The topological polar surface area (TPSA) is 97.2 Å². The van der Waals surface area contributed by atoms with Gasteiger partial charge >= 0.3 is 12.4 Å². The fraction of sp³-hybridized carbons (Fsp3) is 0.381. The van der Waals surface area contributed by atoms with Crippen LogP contribution in [0.15, 0.2) is 47.7 Å². The van der Waals surface area contributed by atoms with Crippen LogP contribution < -0.4 is 10.6 Å². The number of halogens is 6. The average molecular weight is 499 g/mol. The number of pyridine rings is 1. The molecular weight excluding hydrogens is 480 g/mol. The van der Waals surface area contributed by atoms with Crippen molar-refractivity contribution in [2.24, 2.45) is 16.8 Å². The Balaban J connectivity index is 1.67.